The molecule has 2 aliphatic rings. The summed E-state index contributed by atoms with van der Waals surface area (Å²) in [6.45, 7) is 2.48. The van der Waals surface area contributed by atoms with Crippen LogP contribution in [0.3, 0.4) is 0 Å². The summed E-state index contributed by atoms with van der Waals surface area (Å²) in [5.41, 5.74) is 3.13. The lowest BCUT2D eigenvalue weighted by Crippen LogP contribution is -2.40. The van der Waals surface area contributed by atoms with Crippen LogP contribution < -0.4 is 20.1 Å². The van der Waals surface area contributed by atoms with Gasteiger partial charge in [-0.1, -0.05) is 18.2 Å². The molecule has 1 amide bonds. The van der Waals surface area contributed by atoms with Crippen molar-refractivity contribution < 1.29 is 19.0 Å². The third kappa shape index (κ3) is 4.74. The molecule has 0 spiro atoms. The van der Waals surface area contributed by atoms with Gasteiger partial charge in [-0.25, -0.2) is 14.6 Å². The Bertz CT molecular complexity index is 1460. The summed E-state index contributed by atoms with van der Waals surface area (Å²) in [5, 5.41) is 12.5. The largest absolute Gasteiger partial charge is 0.454 e. The molecule has 1 aliphatic carbocycles. The Hall–Kier alpha value is -4.18. The van der Waals surface area contributed by atoms with Crippen molar-refractivity contribution in [3.8, 4) is 17.2 Å². The molecule has 0 atom stereocenters. The van der Waals surface area contributed by atoms with Crippen LogP contribution in [0.1, 0.15) is 47.6 Å². The van der Waals surface area contributed by atoms with Gasteiger partial charge in [0.15, 0.2) is 23.0 Å². The molecule has 4 aromatic rings. The predicted octanol–water partition coefficient (Wildman–Crippen LogP) is 4.15. The van der Waals surface area contributed by atoms with E-state index in [9.17, 15) is 4.79 Å². The Kier molecular flexibility index (Phi) is 6.55. The number of carbonyl (C=O) groups is 1. The Morgan fingerprint density at radius 3 is 2.58 bits per heavy atom. The molecule has 2 N–H and O–H groups in total. The van der Waals surface area contributed by atoms with E-state index in [1.54, 1.807) is 25.3 Å². The number of aromatic nitrogens is 4. The van der Waals surface area contributed by atoms with Gasteiger partial charge in [0, 0.05) is 24.8 Å². The molecule has 0 bridgehead atoms. The molecule has 0 saturated heterocycles. The van der Waals surface area contributed by atoms with Gasteiger partial charge >= 0.3 is 0 Å². The van der Waals surface area contributed by atoms with E-state index >= 15 is 0 Å². The Morgan fingerprint density at radius 2 is 1.79 bits per heavy atom. The standard InChI is InChI=1S/C28H30N6O4/c1-17-25-26(31-24(15-36-2)32-27(25)34(33-17)21-6-4-3-5-7-21)29-19-9-11-20(12-10-19)30-28(35)18-8-13-22-23(14-18)38-16-37-22/h3-8,13-14,19-20H,9-12,15-16H2,1-2H3,(H,30,35)(H,29,31,32). The SMILES string of the molecule is COCc1nc(NC2CCC(NC(=O)c3ccc4c(c3)OCO4)CC2)c2c(C)nn(-c3ccccc3)c2n1. The highest BCUT2D eigenvalue weighted by Gasteiger charge is 2.26. The van der Waals surface area contributed by atoms with E-state index in [1.165, 1.54) is 0 Å². The number of hydrogen-bond acceptors (Lipinski definition) is 8. The number of ether oxygens (including phenoxy) is 3. The summed E-state index contributed by atoms with van der Waals surface area (Å²) in [6, 6.07) is 15.6. The van der Waals surface area contributed by atoms with Crippen molar-refractivity contribution in [2.24, 2.45) is 0 Å². The minimum atomic E-state index is -0.0922. The van der Waals surface area contributed by atoms with Gasteiger partial charge in [0.05, 0.1) is 16.8 Å². The van der Waals surface area contributed by atoms with E-state index in [0.29, 0.717) is 29.5 Å². The van der Waals surface area contributed by atoms with Gasteiger partial charge in [0.1, 0.15) is 12.4 Å². The first-order valence-corrected chi connectivity index (χ1v) is 12.9. The fraction of sp³-hybridized carbons (Fsp3) is 0.357. The number of hydrogen-bond donors (Lipinski definition) is 2. The fourth-order valence-corrected chi connectivity index (χ4v) is 5.16. The number of methoxy groups -OCH3 is 1. The molecule has 1 aliphatic heterocycles. The second-order valence-corrected chi connectivity index (χ2v) is 9.69. The van der Waals surface area contributed by atoms with Crippen LogP contribution in [0.15, 0.2) is 48.5 Å². The molecule has 6 rings (SSSR count). The number of amides is 1. The zero-order valence-corrected chi connectivity index (χ0v) is 21.4. The van der Waals surface area contributed by atoms with E-state index in [0.717, 1.165) is 53.9 Å². The third-order valence-corrected chi connectivity index (χ3v) is 7.06. The summed E-state index contributed by atoms with van der Waals surface area (Å²) in [5.74, 6) is 2.56. The zero-order chi connectivity index (χ0) is 26.1. The van der Waals surface area contributed by atoms with Crippen LogP contribution in [0.2, 0.25) is 0 Å². The molecule has 38 heavy (non-hydrogen) atoms. The van der Waals surface area contributed by atoms with Gasteiger partial charge in [-0.05, 0) is 62.9 Å². The van der Waals surface area contributed by atoms with Crippen LogP contribution in [-0.2, 0) is 11.3 Å². The summed E-state index contributed by atoms with van der Waals surface area (Å²) < 4.78 is 18.0. The van der Waals surface area contributed by atoms with Crippen molar-refractivity contribution in [2.75, 3.05) is 19.2 Å². The highest BCUT2D eigenvalue weighted by Crippen LogP contribution is 2.33. The monoisotopic (exact) mass is 514 g/mol. The van der Waals surface area contributed by atoms with Crippen molar-refractivity contribution in [2.45, 2.75) is 51.3 Å². The second-order valence-electron chi connectivity index (χ2n) is 9.69. The van der Waals surface area contributed by atoms with Crippen LogP contribution in [0.5, 0.6) is 11.5 Å². The molecule has 0 unspecified atom stereocenters. The average molecular weight is 515 g/mol. The summed E-state index contributed by atoms with van der Waals surface area (Å²) in [4.78, 5) is 22.4. The number of carbonyl (C=O) groups excluding carboxylic acids is 1. The number of aryl methyl sites for hydroxylation is 1. The molecule has 1 fully saturated rings. The van der Waals surface area contributed by atoms with Crippen molar-refractivity contribution in [3.05, 3.63) is 65.6 Å². The maximum Gasteiger partial charge on any atom is 0.251 e. The molecule has 10 heteroatoms. The van der Waals surface area contributed by atoms with Gasteiger partial charge in [-0.3, -0.25) is 4.79 Å². The van der Waals surface area contributed by atoms with Crippen molar-refractivity contribution >= 4 is 22.8 Å². The lowest BCUT2D eigenvalue weighted by atomic mass is 9.91. The number of fused-ring (bicyclic) bond motifs is 2. The number of anilines is 1. The maximum absolute atomic E-state index is 12.8. The molecular weight excluding hydrogens is 484 g/mol. The first-order chi connectivity index (χ1) is 18.6. The smallest absolute Gasteiger partial charge is 0.251 e. The van der Waals surface area contributed by atoms with Crippen molar-refractivity contribution in [1.82, 2.24) is 25.1 Å². The third-order valence-electron chi connectivity index (χ3n) is 7.06. The zero-order valence-electron chi connectivity index (χ0n) is 21.4. The van der Waals surface area contributed by atoms with Crippen LogP contribution >= 0.6 is 0 Å². The van der Waals surface area contributed by atoms with Gasteiger partial charge in [0.25, 0.3) is 5.91 Å². The Morgan fingerprint density at radius 1 is 1.03 bits per heavy atom. The van der Waals surface area contributed by atoms with E-state index in [1.807, 2.05) is 41.9 Å². The molecule has 2 aromatic heterocycles. The summed E-state index contributed by atoms with van der Waals surface area (Å²) in [7, 11) is 1.64. The molecule has 0 radical (unpaired) electrons. The Balaban J connectivity index is 1.16. The van der Waals surface area contributed by atoms with E-state index in [-0.39, 0.29) is 24.8 Å². The topological polar surface area (TPSA) is 112 Å². The minimum Gasteiger partial charge on any atom is -0.454 e. The first kappa shape index (κ1) is 24.2. The van der Waals surface area contributed by atoms with Crippen LogP contribution in [-0.4, -0.2) is 51.6 Å². The number of benzene rings is 2. The highest BCUT2D eigenvalue weighted by atomic mass is 16.7. The second kappa shape index (κ2) is 10.3. The lowest BCUT2D eigenvalue weighted by molar-refractivity contribution is 0.0926. The number of para-hydroxylation sites is 1. The molecule has 2 aromatic carbocycles. The minimum absolute atomic E-state index is 0.0922. The van der Waals surface area contributed by atoms with Crippen LogP contribution in [0.25, 0.3) is 16.7 Å². The molecule has 1 saturated carbocycles. The summed E-state index contributed by atoms with van der Waals surface area (Å²) in [6.07, 6.45) is 3.55. The average Bonchev–Trinajstić information content (AvgIpc) is 3.54. The molecule has 10 nitrogen and oxygen atoms in total. The van der Waals surface area contributed by atoms with Crippen LogP contribution in [0.4, 0.5) is 5.82 Å². The Labute approximate surface area is 220 Å². The molecule has 3 heterocycles. The van der Waals surface area contributed by atoms with E-state index in [2.05, 4.69) is 10.6 Å². The van der Waals surface area contributed by atoms with Crippen molar-refractivity contribution in [3.63, 3.8) is 0 Å². The first-order valence-electron chi connectivity index (χ1n) is 12.9. The maximum atomic E-state index is 12.8. The molecular formula is C28H30N6O4. The van der Waals surface area contributed by atoms with Gasteiger partial charge in [-0.15, -0.1) is 0 Å². The van der Waals surface area contributed by atoms with Gasteiger partial charge < -0.3 is 24.8 Å². The van der Waals surface area contributed by atoms with E-state index < -0.39 is 0 Å². The van der Waals surface area contributed by atoms with Gasteiger partial charge in [0.2, 0.25) is 6.79 Å². The normalized spacial score (nSPS) is 18.5. The quantitative estimate of drug-likeness (QED) is 0.378. The van der Waals surface area contributed by atoms with E-state index in [4.69, 9.17) is 29.3 Å². The molecule has 196 valence electrons. The number of nitrogens with one attached hydrogen (secondary N) is 2. The van der Waals surface area contributed by atoms with Gasteiger partial charge in [-0.2, -0.15) is 5.10 Å². The fourth-order valence-electron chi connectivity index (χ4n) is 5.16. The predicted molar refractivity (Wildman–Crippen MR) is 142 cm³/mol. The lowest BCUT2D eigenvalue weighted by Gasteiger charge is -2.30. The highest BCUT2D eigenvalue weighted by molar-refractivity contribution is 5.95. The van der Waals surface area contributed by atoms with Crippen molar-refractivity contribution in [1.29, 1.82) is 0 Å². The summed E-state index contributed by atoms with van der Waals surface area (Å²) >= 11 is 0. The number of nitrogens with zero attached hydrogens (tertiary/aromatic N) is 4. The number of rotatable bonds is 7. The van der Waals surface area contributed by atoms with Crippen LogP contribution in [0, 0.1) is 6.92 Å².